The summed E-state index contributed by atoms with van der Waals surface area (Å²) in [5.74, 6) is 0. The van der Waals surface area contributed by atoms with Crippen LogP contribution in [-0.4, -0.2) is 27.0 Å². The van der Waals surface area contributed by atoms with Gasteiger partial charge in [-0.3, -0.25) is 4.68 Å². The molecule has 0 radical (unpaired) electrons. The molecule has 0 aromatic carbocycles. The molecule has 0 spiro atoms. The molecule has 0 amide bonds. The van der Waals surface area contributed by atoms with Crippen molar-refractivity contribution < 1.29 is 5.11 Å². The first kappa shape index (κ1) is 11.6. The largest absolute Gasteiger partial charge is 0.389 e. The Hall–Kier alpha value is -0.870. The molecule has 1 aliphatic carbocycles. The van der Waals surface area contributed by atoms with E-state index >= 15 is 0 Å². The topological polar surface area (TPSA) is 50.1 Å². The smallest absolute Gasteiger partial charge is 0.0771 e. The number of rotatable bonds is 5. The van der Waals surface area contributed by atoms with Crippen LogP contribution in [0.5, 0.6) is 0 Å². The summed E-state index contributed by atoms with van der Waals surface area (Å²) in [7, 11) is 1.97. The zero-order valence-corrected chi connectivity index (χ0v) is 10.2. The highest BCUT2D eigenvalue weighted by molar-refractivity contribution is 5.10. The Kier molecular flexibility index (Phi) is 3.30. The van der Waals surface area contributed by atoms with Gasteiger partial charge in [0.25, 0.3) is 0 Å². The van der Waals surface area contributed by atoms with Crippen molar-refractivity contribution in [2.24, 2.45) is 7.05 Å². The third kappa shape index (κ3) is 2.44. The molecular weight excluding hydrogens is 202 g/mol. The lowest BCUT2D eigenvalue weighted by molar-refractivity contribution is -0.0315. The average Bonchev–Trinajstić information content (AvgIpc) is 2.57. The highest BCUT2D eigenvalue weighted by Crippen LogP contribution is 2.30. The highest BCUT2D eigenvalue weighted by atomic mass is 16.3. The van der Waals surface area contributed by atoms with Crippen molar-refractivity contribution in [2.45, 2.75) is 44.8 Å². The molecule has 1 aliphatic rings. The van der Waals surface area contributed by atoms with Gasteiger partial charge in [-0.25, -0.2) is 0 Å². The minimum atomic E-state index is -0.438. The van der Waals surface area contributed by atoms with Crippen molar-refractivity contribution in [3.05, 3.63) is 17.5 Å². The zero-order chi connectivity index (χ0) is 11.6. The molecule has 0 atom stereocenters. The van der Waals surface area contributed by atoms with Gasteiger partial charge in [0, 0.05) is 20.1 Å². The van der Waals surface area contributed by atoms with Crippen molar-refractivity contribution >= 4 is 0 Å². The second-order valence-electron chi connectivity index (χ2n) is 4.79. The van der Waals surface area contributed by atoms with Gasteiger partial charge < -0.3 is 10.4 Å². The Morgan fingerprint density at radius 1 is 1.56 bits per heavy atom. The summed E-state index contributed by atoms with van der Waals surface area (Å²) in [6.07, 6.45) is 4.00. The lowest BCUT2D eigenvalue weighted by Gasteiger charge is -2.36. The molecule has 0 bridgehead atoms. The maximum absolute atomic E-state index is 9.92. The van der Waals surface area contributed by atoms with Crippen molar-refractivity contribution in [2.75, 3.05) is 6.54 Å². The Balaban J connectivity index is 1.82. The molecular formula is C12H21N3O. The fourth-order valence-corrected chi connectivity index (χ4v) is 2.09. The van der Waals surface area contributed by atoms with Gasteiger partial charge in [-0.1, -0.05) is 6.92 Å². The van der Waals surface area contributed by atoms with Crippen molar-refractivity contribution in [1.29, 1.82) is 0 Å². The number of nitrogens with zero attached hydrogens (tertiary/aromatic N) is 2. The van der Waals surface area contributed by atoms with Crippen LogP contribution in [0.3, 0.4) is 0 Å². The van der Waals surface area contributed by atoms with E-state index in [4.69, 9.17) is 0 Å². The van der Waals surface area contributed by atoms with Crippen LogP contribution in [0.4, 0.5) is 0 Å². The van der Waals surface area contributed by atoms with E-state index in [1.807, 2.05) is 11.7 Å². The lowest BCUT2D eigenvalue weighted by atomic mass is 9.80. The molecule has 2 N–H and O–H groups in total. The second kappa shape index (κ2) is 4.55. The number of aryl methyl sites for hydroxylation is 2. The van der Waals surface area contributed by atoms with Crippen LogP contribution >= 0.6 is 0 Å². The average molecular weight is 223 g/mol. The van der Waals surface area contributed by atoms with Gasteiger partial charge in [0.05, 0.1) is 17.0 Å². The first-order chi connectivity index (χ1) is 7.63. The van der Waals surface area contributed by atoms with E-state index < -0.39 is 5.60 Å². The summed E-state index contributed by atoms with van der Waals surface area (Å²) in [6, 6.07) is 2.12. The van der Waals surface area contributed by atoms with Gasteiger partial charge >= 0.3 is 0 Å². The van der Waals surface area contributed by atoms with Gasteiger partial charge in [-0.2, -0.15) is 5.10 Å². The van der Waals surface area contributed by atoms with Gasteiger partial charge in [-0.15, -0.1) is 0 Å². The molecule has 1 fully saturated rings. The van der Waals surface area contributed by atoms with Crippen LogP contribution in [-0.2, 0) is 20.0 Å². The molecule has 1 aromatic rings. The van der Waals surface area contributed by atoms with E-state index in [1.54, 1.807) is 0 Å². The van der Waals surface area contributed by atoms with Crippen LogP contribution in [0.1, 0.15) is 37.6 Å². The molecule has 1 saturated carbocycles. The minimum absolute atomic E-state index is 0.438. The van der Waals surface area contributed by atoms with Gasteiger partial charge in [0.1, 0.15) is 0 Å². The van der Waals surface area contributed by atoms with Crippen LogP contribution in [0.15, 0.2) is 6.07 Å². The lowest BCUT2D eigenvalue weighted by Crippen LogP contribution is -2.46. The summed E-state index contributed by atoms with van der Waals surface area (Å²) in [5, 5.41) is 17.6. The summed E-state index contributed by atoms with van der Waals surface area (Å²) in [4.78, 5) is 0. The van der Waals surface area contributed by atoms with Crippen molar-refractivity contribution in [1.82, 2.24) is 15.1 Å². The fraction of sp³-hybridized carbons (Fsp3) is 0.750. The number of hydrogen-bond donors (Lipinski definition) is 2. The summed E-state index contributed by atoms with van der Waals surface area (Å²) < 4.78 is 1.91. The predicted molar refractivity (Wildman–Crippen MR) is 63.1 cm³/mol. The first-order valence-electron chi connectivity index (χ1n) is 6.08. The predicted octanol–water partition coefficient (Wildman–Crippen LogP) is 0.987. The van der Waals surface area contributed by atoms with Gasteiger partial charge in [-0.05, 0) is 31.7 Å². The molecule has 0 saturated heterocycles. The molecule has 16 heavy (non-hydrogen) atoms. The highest BCUT2D eigenvalue weighted by Gasteiger charge is 2.33. The van der Waals surface area contributed by atoms with E-state index in [0.717, 1.165) is 37.9 Å². The summed E-state index contributed by atoms with van der Waals surface area (Å²) >= 11 is 0. The maximum Gasteiger partial charge on any atom is 0.0771 e. The van der Waals surface area contributed by atoms with Crippen LogP contribution in [0.2, 0.25) is 0 Å². The molecule has 1 aromatic heterocycles. The van der Waals surface area contributed by atoms with E-state index in [-0.39, 0.29) is 0 Å². The first-order valence-corrected chi connectivity index (χ1v) is 6.08. The third-order valence-corrected chi connectivity index (χ3v) is 3.43. The SMILES string of the molecule is CCc1cc(CNCC2(O)CCC2)n(C)n1. The van der Waals surface area contributed by atoms with E-state index in [1.165, 1.54) is 5.69 Å². The molecule has 0 unspecified atom stereocenters. The fourth-order valence-electron chi connectivity index (χ4n) is 2.09. The molecule has 0 aliphatic heterocycles. The standard InChI is InChI=1S/C12H21N3O/c1-3-10-7-11(15(2)14-10)8-13-9-12(16)5-4-6-12/h7,13,16H,3-6,8-9H2,1-2H3. The number of aromatic nitrogens is 2. The Morgan fingerprint density at radius 2 is 2.31 bits per heavy atom. The van der Waals surface area contributed by atoms with Gasteiger partial charge in [0.15, 0.2) is 0 Å². The number of aliphatic hydroxyl groups is 1. The van der Waals surface area contributed by atoms with Crippen molar-refractivity contribution in [3.8, 4) is 0 Å². The van der Waals surface area contributed by atoms with Crippen LogP contribution in [0, 0.1) is 0 Å². The number of nitrogens with one attached hydrogen (secondary N) is 1. The Labute approximate surface area is 96.7 Å². The third-order valence-electron chi connectivity index (χ3n) is 3.43. The number of hydrogen-bond acceptors (Lipinski definition) is 3. The molecule has 4 nitrogen and oxygen atoms in total. The molecule has 4 heteroatoms. The second-order valence-corrected chi connectivity index (χ2v) is 4.79. The summed E-state index contributed by atoms with van der Waals surface area (Å²) in [6.45, 7) is 3.59. The zero-order valence-electron chi connectivity index (χ0n) is 10.2. The van der Waals surface area contributed by atoms with Crippen molar-refractivity contribution in [3.63, 3.8) is 0 Å². The van der Waals surface area contributed by atoms with Crippen LogP contribution in [0.25, 0.3) is 0 Å². The van der Waals surface area contributed by atoms with E-state index in [0.29, 0.717) is 6.54 Å². The summed E-state index contributed by atoms with van der Waals surface area (Å²) in [5.41, 5.74) is 1.87. The Bertz CT molecular complexity index is 355. The maximum atomic E-state index is 9.92. The van der Waals surface area contributed by atoms with E-state index in [9.17, 15) is 5.11 Å². The Morgan fingerprint density at radius 3 is 2.81 bits per heavy atom. The quantitative estimate of drug-likeness (QED) is 0.782. The molecule has 90 valence electrons. The van der Waals surface area contributed by atoms with Crippen LogP contribution < -0.4 is 5.32 Å². The minimum Gasteiger partial charge on any atom is -0.389 e. The van der Waals surface area contributed by atoms with Gasteiger partial charge in [0.2, 0.25) is 0 Å². The monoisotopic (exact) mass is 223 g/mol. The van der Waals surface area contributed by atoms with E-state index in [2.05, 4.69) is 23.4 Å². The molecule has 2 rings (SSSR count). The molecule has 1 heterocycles. The normalized spacial score (nSPS) is 18.4.